The zero-order chi connectivity index (χ0) is 12.3. The van der Waals surface area contributed by atoms with E-state index in [9.17, 15) is 5.11 Å². The molecular formula is C13H15BrN2O. The molecule has 2 N–H and O–H groups in total. The second-order valence-corrected chi connectivity index (χ2v) is 5.45. The fraction of sp³-hybridized carbons (Fsp3) is 0.462. The van der Waals surface area contributed by atoms with Gasteiger partial charge in [-0.25, -0.2) is 0 Å². The van der Waals surface area contributed by atoms with Gasteiger partial charge in [-0.1, -0.05) is 12.8 Å². The SMILES string of the molecule is N#Cc1ccc(NCC2(O)CCCC2)cc1Br. The summed E-state index contributed by atoms with van der Waals surface area (Å²) in [5, 5.41) is 22.2. The number of rotatable bonds is 3. The first-order chi connectivity index (χ1) is 8.13. The van der Waals surface area contributed by atoms with Crippen molar-refractivity contribution in [3.8, 4) is 6.07 Å². The van der Waals surface area contributed by atoms with E-state index in [4.69, 9.17) is 5.26 Å². The van der Waals surface area contributed by atoms with E-state index in [0.717, 1.165) is 35.8 Å². The molecule has 0 radical (unpaired) electrons. The minimum Gasteiger partial charge on any atom is -0.388 e. The molecule has 0 bridgehead atoms. The molecule has 2 rings (SSSR count). The molecule has 0 amide bonds. The van der Waals surface area contributed by atoms with Gasteiger partial charge in [-0.05, 0) is 47.0 Å². The van der Waals surface area contributed by atoms with Gasteiger partial charge in [0.05, 0.1) is 11.2 Å². The lowest BCUT2D eigenvalue weighted by Gasteiger charge is -2.23. The van der Waals surface area contributed by atoms with Gasteiger partial charge in [0.15, 0.2) is 0 Å². The van der Waals surface area contributed by atoms with Gasteiger partial charge in [0.1, 0.15) is 6.07 Å². The van der Waals surface area contributed by atoms with E-state index in [1.54, 1.807) is 6.07 Å². The van der Waals surface area contributed by atoms with Crippen LogP contribution in [0.2, 0.25) is 0 Å². The molecule has 1 aliphatic rings. The van der Waals surface area contributed by atoms with E-state index in [1.807, 2.05) is 12.1 Å². The summed E-state index contributed by atoms with van der Waals surface area (Å²) in [5.74, 6) is 0. The number of nitriles is 1. The van der Waals surface area contributed by atoms with E-state index < -0.39 is 5.60 Å². The molecule has 0 heterocycles. The Labute approximate surface area is 110 Å². The van der Waals surface area contributed by atoms with Gasteiger partial charge in [-0.3, -0.25) is 0 Å². The van der Waals surface area contributed by atoms with Crippen molar-refractivity contribution in [3.63, 3.8) is 0 Å². The van der Waals surface area contributed by atoms with Crippen LogP contribution in [0.25, 0.3) is 0 Å². The number of benzene rings is 1. The van der Waals surface area contributed by atoms with Crippen LogP contribution in [0.4, 0.5) is 5.69 Å². The Morgan fingerprint density at radius 1 is 1.41 bits per heavy atom. The van der Waals surface area contributed by atoms with Gasteiger partial charge in [0.2, 0.25) is 0 Å². The smallest absolute Gasteiger partial charge is 0.100 e. The number of aliphatic hydroxyl groups is 1. The monoisotopic (exact) mass is 294 g/mol. The predicted octanol–water partition coefficient (Wildman–Crippen LogP) is 3.04. The van der Waals surface area contributed by atoms with Gasteiger partial charge in [-0.15, -0.1) is 0 Å². The molecule has 0 aliphatic heterocycles. The highest BCUT2D eigenvalue weighted by Crippen LogP contribution is 2.30. The van der Waals surface area contributed by atoms with Gasteiger partial charge < -0.3 is 10.4 Å². The Hall–Kier alpha value is -1.05. The first kappa shape index (κ1) is 12.4. The summed E-state index contributed by atoms with van der Waals surface area (Å²) >= 11 is 3.35. The van der Waals surface area contributed by atoms with Crippen LogP contribution in [-0.4, -0.2) is 17.3 Å². The van der Waals surface area contributed by atoms with Crippen molar-refractivity contribution in [2.45, 2.75) is 31.3 Å². The van der Waals surface area contributed by atoms with Crippen molar-refractivity contribution < 1.29 is 5.11 Å². The second-order valence-electron chi connectivity index (χ2n) is 4.59. The van der Waals surface area contributed by atoms with Crippen LogP contribution < -0.4 is 5.32 Å². The zero-order valence-electron chi connectivity index (χ0n) is 9.54. The summed E-state index contributed by atoms with van der Waals surface area (Å²) in [6.07, 6.45) is 3.96. The van der Waals surface area contributed by atoms with Gasteiger partial charge in [0.25, 0.3) is 0 Å². The third-order valence-corrected chi connectivity index (χ3v) is 3.90. The molecule has 0 aromatic heterocycles. The molecule has 17 heavy (non-hydrogen) atoms. The van der Waals surface area contributed by atoms with E-state index in [-0.39, 0.29) is 0 Å². The molecule has 90 valence electrons. The molecule has 1 aliphatic carbocycles. The largest absolute Gasteiger partial charge is 0.388 e. The van der Waals surface area contributed by atoms with E-state index >= 15 is 0 Å². The van der Waals surface area contributed by atoms with Crippen LogP contribution in [-0.2, 0) is 0 Å². The summed E-state index contributed by atoms with van der Waals surface area (Å²) in [5.41, 5.74) is 0.992. The number of halogens is 1. The second kappa shape index (κ2) is 5.07. The highest BCUT2D eigenvalue weighted by Gasteiger charge is 2.30. The first-order valence-corrected chi connectivity index (χ1v) is 6.58. The Balaban J connectivity index is 2.00. The fourth-order valence-electron chi connectivity index (χ4n) is 2.19. The molecular weight excluding hydrogens is 280 g/mol. The Bertz CT molecular complexity index is 447. The zero-order valence-corrected chi connectivity index (χ0v) is 11.1. The van der Waals surface area contributed by atoms with E-state index in [2.05, 4.69) is 27.3 Å². The maximum atomic E-state index is 10.2. The summed E-state index contributed by atoms with van der Waals surface area (Å²) in [7, 11) is 0. The molecule has 1 aromatic rings. The maximum absolute atomic E-state index is 10.2. The maximum Gasteiger partial charge on any atom is 0.100 e. The van der Waals surface area contributed by atoms with Crippen molar-refractivity contribution in [2.75, 3.05) is 11.9 Å². The number of anilines is 1. The topological polar surface area (TPSA) is 56.0 Å². The number of nitrogens with one attached hydrogen (secondary N) is 1. The molecule has 1 fully saturated rings. The van der Waals surface area contributed by atoms with E-state index in [0.29, 0.717) is 12.1 Å². The fourth-order valence-corrected chi connectivity index (χ4v) is 2.66. The molecule has 4 heteroatoms. The van der Waals surface area contributed by atoms with Crippen molar-refractivity contribution >= 4 is 21.6 Å². The Kier molecular flexibility index (Phi) is 3.70. The van der Waals surface area contributed by atoms with Crippen molar-refractivity contribution in [1.82, 2.24) is 0 Å². The Morgan fingerprint density at radius 2 is 2.12 bits per heavy atom. The van der Waals surface area contributed by atoms with Crippen LogP contribution in [0.3, 0.4) is 0 Å². The highest BCUT2D eigenvalue weighted by molar-refractivity contribution is 9.10. The quantitative estimate of drug-likeness (QED) is 0.901. The van der Waals surface area contributed by atoms with Gasteiger partial charge in [-0.2, -0.15) is 5.26 Å². The third-order valence-electron chi connectivity index (χ3n) is 3.25. The van der Waals surface area contributed by atoms with Crippen LogP contribution in [0.5, 0.6) is 0 Å². The number of hydrogen-bond acceptors (Lipinski definition) is 3. The van der Waals surface area contributed by atoms with Crippen LogP contribution in [0.15, 0.2) is 22.7 Å². The Morgan fingerprint density at radius 3 is 2.71 bits per heavy atom. The summed E-state index contributed by atoms with van der Waals surface area (Å²) < 4.78 is 0.781. The molecule has 0 saturated heterocycles. The molecule has 1 aromatic carbocycles. The lowest BCUT2D eigenvalue weighted by Crippen LogP contribution is -2.33. The summed E-state index contributed by atoms with van der Waals surface area (Å²) in [6.45, 7) is 0.575. The lowest BCUT2D eigenvalue weighted by molar-refractivity contribution is 0.0615. The first-order valence-electron chi connectivity index (χ1n) is 5.79. The van der Waals surface area contributed by atoms with Gasteiger partial charge in [0, 0.05) is 16.7 Å². The average molecular weight is 295 g/mol. The standard InChI is InChI=1S/C13H15BrN2O/c14-12-7-11(4-3-10(12)8-15)16-9-13(17)5-1-2-6-13/h3-4,7,16-17H,1-2,5-6,9H2. The molecule has 3 nitrogen and oxygen atoms in total. The van der Waals surface area contributed by atoms with Crippen LogP contribution in [0.1, 0.15) is 31.2 Å². The minimum absolute atomic E-state index is 0.555. The summed E-state index contributed by atoms with van der Waals surface area (Å²) in [6, 6.07) is 7.61. The van der Waals surface area contributed by atoms with Crippen LogP contribution >= 0.6 is 15.9 Å². The summed E-state index contributed by atoms with van der Waals surface area (Å²) in [4.78, 5) is 0. The highest BCUT2D eigenvalue weighted by atomic mass is 79.9. The average Bonchev–Trinajstić information content (AvgIpc) is 2.74. The number of nitrogens with zero attached hydrogens (tertiary/aromatic N) is 1. The normalized spacial score (nSPS) is 17.7. The van der Waals surface area contributed by atoms with E-state index in [1.165, 1.54) is 0 Å². The molecule has 0 spiro atoms. The predicted molar refractivity (Wildman–Crippen MR) is 70.8 cm³/mol. The third kappa shape index (κ3) is 2.99. The molecule has 0 unspecified atom stereocenters. The van der Waals surface area contributed by atoms with Crippen molar-refractivity contribution in [1.29, 1.82) is 5.26 Å². The van der Waals surface area contributed by atoms with Crippen LogP contribution in [0, 0.1) is 11.3 Å². The van der Waals surface area contributed by atoms with Crippen molar-refractivity contribution in [2.24, 2.45) is 0 Å². The molecule has 1 saturated carbocycles. The van der Waals surface area contributed by atoms with Crippen molar-refractivity contribution in [3.05, 3.63) is 28.2 Å². The number of hydrogen-bond donors (Lipinski definition) is 2. The minimum atomic E-state index is -0.555. The lowest BCUT2D eigenvalue weighted by atomic mass is 10.0. The molecule has 0 atom stereocenters. The van der Waals surface area contributed by atoms with Gasteiger partial charge >= 0.3 is 0 Å².